The van der Waals surface area contributed by atoms with Gasteiger partial charge in [0.2, 0.25) is 0 Å². The van der Waals surface area contributed by atoms with Gasteiger partial charge in [-0.25, -0.2) is 0 Å². The van der Waals surface area contributed by atoms with Gasteiger partial charge in [0.1, 0.15) is 6.61 Å². The molecule has 1 rings (SSSR count). The minimum absolute atomic E-state index is 0.126. The molecule has 0 aliphatic rings. The zero-order chi connectivity index (χ0) is 13.6. The van der Waals surface area contributed by atoms with Crippen molar-refractivity contribution in [3.8, 4) is 0 Å². The van der Waals surface area contributed by atoms with E-state index in [9.17, 15) is 4.79 Å². The van der Waals surface area contributed by atoms with Gasteiger partial charge in [-0.3, -0.25) is 4.79 Å². The lowest BCUT2D eigenvalue weighted by Crippen LogP contribution is -2.45. The lowest BCUT2D eigenvalue weighted by molar-refractivity contribution is -0.142. The Labute approximate surface area is 111 Å². The van der Waals surface area contributed by atoms with Crippen LogP contribution in [0, 0.1) is 0 Å². The maximum absolute atomic E-state index is 11.6. The highest BCUT2D eigenvalue weighted by atomic mass is 28.3. The zero-order valence-electron chi connectivity index (χ0n) is 11.5. The molecule has 0 N–H and O–H groups in total. The van der Waals surface area contributed by atoms with Crippen LogP contribution in [0.15, 0.2) is 43.0 Å². The van der Waals surface area contributed by atoms with E-state index in [1.807, 2.05) is 6.07 Å². The zero-order valence-corrected chi connectivity index (χ0v) is 12.5. The van der Waals surface area contributed by atoms with E-state index >= 15 is 0 Å². The molecule has 3 heteroatoms. The first-order valence-corrected chi connectivity index (χ1v) is 9.38. The lowest BCUT2D eigenvalue weighted by atomic mass is 10.3. The Morgan fingerprint density at radius 2 is 2.00 bits per heavy atom. The van der Waals surface area contributed by atoms with E-state index in [0.717, 1.165) is 0 Å². The maximum Gasteiger partial charge on any atom is 0.306 e. The summed E-state index contributed by atoms with van der Waals surface area (Å²) in [5.41, 5.74) is 0.359. The molecule has 98 valence electrons. The third-order valence-electron chi connectivity index (χ3n) is 3.58. The van der Waals surface area contributed by atoms with E-state index < -0.39 is 8.07 Å². The van der Waals surface area contributed by atoms with E-state index in [1.165, 1.54) is 5.19 Å². The number of carbonyl (C=O) groups excluding carboxylic acids is 1. The van der Waals surface area contributed by atoms with Crippen molar-refractivity contribution in [1.29, 1.82) is 0 Å². The van der Waals surface area contributed by atoms with Gasteiger partial charge in [-0.05, 0) is 5.54 Å². The Bertz CT molecular complexity index is 398. The van der Waals surface area contributed by atoms with Crippen LogP contribution in [0.5, 0.6) is 0 Å². The SMILES string of the molecule is C=CCOC(=O)C[C@H](C)[Si](C)(C)c1ccccc1. The standard InChI is InChI=1S/C15H22O2Si/c1-5-11-17-15(16)12-13(2)18(3,4)14-9-7-6-8-10-14/h5-10,13H,1,11-12H2,2-4H3/t13-/m0/s1. The van der Waals surface area contributed by atoms with Gasteiger partial charge in [0.25, 0.3) is 0 Å². The molecule has 0 bridgehead atoms. The average molecular weight is 262 g/mol. The summed E-state index contributed by atoms with van der Waals surface area (Å²) in [7, 11) is -1.61. The van der Waals surface area contributed by atoms with Crippen LogP contribution in [-0.2, 0) is 9.53 Å². The van der Waals surface area contributed by atoms with Gasteiger partial charge in [-0.2, -0.15) is 0 Å². The molecule has 0 fully saturated rings. The average Bonchev–Trinajstić information content (AvgIpc) is 2.37. The van der Waals surface area contributed by atoms with Crippen LogP contribution in [0.4, 0.5) is 0 Å². The molecule has 0 spiro atoms. The monoisotopic (exact) mass is 262 g/mol. The molecule has 0 unspecified atom stereocenters. The number of esters is 1. The highest BCUT2D eigenvalue weighted by Crippen LogP contribution is 2.25. The summed E-state index contributed by atoms with van der Waals surface area (Å²) < 4.78 is 5.06. The Kier molecular flexibility index (Phi) is 5.35. The van der Waals surface area contributed by atoms with Crippen LogP contribution in [0.2, 0.25) is 18.6 Å². The summed E-state index contributed by atoms with van der Waals surface area (Å²) in [6, 6.07) is 10.5. The Balaban J connectivity index is 2.67. The summed E-state index contributed by atoms with van der Waals surface area (Å²) in [5, 5.41) is 1.38. The first-order valence-electron chi connectivity index (χ1n) is 6.30. The first kappa shape index (κ1) is 14.7. The summed E-state index contributed by atoms with van der Waals surface area (Å²) in [5.74, 6) is -0.126. The van der Waals surface area contributed by atoms with Crippen molar-refractivity contribution in [2.24, 2.45) is 0 Å². The normalized spacial score (nSPS) is 12.8. The molecule has 0 aromatic heterocycles. The number of benzene rings is 1. The fourth-order valence-corrected chi connectivity index (χ4v) is 4.17. The van der Waals surface area contributed by atoms with Gasteiger partial charge < -0.3 is 4.74 Å². The van der Waals surface area contributed by atoms with Crippen molar-refractivity contribution in [2.75, 3.05) is 6.61 Å². The fourth-order valence-electron chi connectivity index (χ4n) is 1.87. The number of hydrogen-bond donors (Lipinski definition) is 0. The van der Waals surface area contributed by atoms with Crippen LogP contribution < -0.4 is 5.19 Å². The van der Waals surface area contributed by atoms with Crippen LogP contribution in [0.3, 0.4) is 0 Å². The minimum Gasteiger partial charge on any atom is -0.461 e. The second-order valence-electron chi connectivity index (χ2n) is 5.16. The molecule has 0 heterocycles. The van der Waals surface area contributed by atoms with Gasteiger partial charge in [-0.15, -0.1) is 0 Å². The summed E-state index contributed by atoms with van der Waals surface area (Å²) in [6.45, 7) is 10.6. The van der Waals surface area contributed by atoms with Gasteiger partial charge in [-0.1, -0.05) is 68.2 Å². The molecule has 0 aliphatic carbocycles. The van der Waals surface area contributed by atoms with Crippen molar-refractivity contribution in [1.82, 2.24) is 0 Å². The molecular weight excluding hydrogens is 240 g/mol. The summed E-state index contributed by atoms with van der Waals surface area (Å²) in [4.78, 5) is 11.6. The molecule has 0 amide bonds. The smallest absolute Gasteiger partial charge is 0.306 e. The summed E-state index contributed by atoms with van der Waals surface area (Å²) in [6.07, 6.45) is 2.09. The molecule has 0 saturated carbocycles. The van der Waals surface area contributed by atoms with Crippen molar-refractivity contribution < 1.29 is 9.53 Å². The number of hydrogen-bond acceptors (Lipinski definition) is 2. The van der Waals surface area contributed by atoms with Crippen LogP contribution in [-0.4, -0.2) is 20.7 Å². The largest absolute Gasteiger partial charge is 0.461 e. The van der Waals surface area contributed by atoms with E-state index in [-0.39, 0.29) is 5.97 Å². The van der Waals surface area contributed by atoms with Crippen molar-refractivity contribution in [3.63, 3.8) is 0 Å². The van der Waals surface area contributed by atoms with Crippen LogP contribution in [0.25, 0.3) is 0 Å². The van der Waals surface area contributed by atoms with Crippen molar-refractivity contribution in [3.05, 3.63) is 43.0 Å². The highest BCUT2D eigenvalue weighted by Gasteiger charge is 2.31. The number of rotatable bonds is 6. The fraction of sp³-hybridized carbons (Fsp3) is 0.400. The van der Waals surface area contributed by atoms with Crippen molar-refractivity contribution >= 4 is 19.2 Å². The molecule has 0 radical (unpaired) electrons. The van der Waals surface area contributed by atoms with Crippen LogP contribution in [0.1, 0.15) is 13.3 Å². The predicted octanol–water partition coefficient (Wildman–Crippen LogP) is 3.11. The molecule has 1 aromatic rings. The Hall–Kier alpha value is -1.35. The molecule has 0 aliphatic heterocycles. The van der Waals surface area contributed by atoms with E-state index in [2.05, 4.69) is 50.9 Å². The van der Waals surface area contributed by atoms with Crippen molar-refractivity contribution in [2.45, 2.75) is 32.0 Å². The van der Waals surface area contributed by atoms with E-state index in [1.54, 1.807) is 6.08 Å². The van der Waals surface area contributed by atoms with E-state index in [0.29, 0.717) is 18.6 Å². The molecule has 1 aromatic carbocycles. The van der Waals surface area contributed by atoms with E-state index in [4.69, 9.17) is 4.74 Å². The molecule has 18 heavy (non-hydrogen) atoms. The number of ether oxygens (including phenoxy) is 1. The Morgan fingerprint density at radius 3 is 2.56 bits per heavy atom. The minimum atomic E-state index is -1.61. The van der Waals surface area contributed by atoms with Gasteiger partial charge in [0, 0.05) is 6.42 Å². The topological polar surface area (TPSA) is 26.3 Å². The quantitative estimate of drug-likeness (QED) is 0.447. The van der Waals surface area contributed by atoms with Crippen LogP contribution >= 0.6 is 0 Å². The third kappa shape index (κ3) is 3.84. The third-order valence-corrected chi connectivity index (χ3v) is 8.07. The molecule has 0 saturated heterocycles. The van der Waals surface area contributed by atoms with Gasteiger partial charge in [0.05, 0.1) is 8.07 Å². The molecule has 2 nitrogen and oxygen atoms in total. The first-order chi connectivity index (χ1) is 8.48. The Morgan fingerprint density at radius 1 is 1.39 bits per heavy atom. The maximum atomic E-state index is 11.6. The lowest BCUT2D eigenvalue weighted by Gasteiger charge is -2.29. The second-order valence-corrected chi connectivity index (χ2v) is 10.2. The number of carbonyl (C=O) groups is 1. The molecular formula is C15H22O2Si. The molecule has 1 atom stereocenters. The summed E-state index contributed by atoms with van der Waals surface area (Å²) >= 11 is 0. The van der Waals surface area contributed by atoms with Gasteiger partial charge in [0.15, 0.2) is 0 Å². The second kappa shape index (κ2) is 6.54. The van der Waals surface area contributed by atoms with Gasteiger partial charge >= 0.3 is 5.97 Å². The highest BCUT2D eigenvalue weighted by molar-refractivity contribution is 6.91. The predicted molar refractivity (Wildman–Crippen MR) is 78.8 cm³/mol.